The molecule has 1 aliphatic rings. The van der Waals surface area contributed by atoms with E-state index in [2.05, 4.69) is 9.97 Å². The number of pyridine rings is 1. The molecular formula is C17H19N3O2. The Morgan fingerprint density at radius 2 is 2.05 bits per heavy atom. The zero-order valence-corrected chi connectivity index (χ0v) is 13.0. The maximum Gasteiger partial charge on any atom is 0.256 e. The molecule has 2 aromatic heterocycles. The van der Waals surface area contributed by atoms with Gasteiger partial charge in [-0.15, -0.1) is 0 Å². The number of amides is 1. The summed E-state index contributed by atoms with van der Waals surface area (Å²) in [5, 5.41) is 0. The van der Waals surface area contributed by atoms with Gasteiger partial charge in [-0.3, -0.25) is 14.6 Å². The van der Waals surface area contributed by atoms with Crippen molar-refractivity contribution in [2.75, 3.05) is 13.1 Å². The lowest BCUT2D eigenvalue weighted by molar-refractivity contribution is 0.0600. The number of rotatable bonds is 3. The number of hydrogen-bond acceptors (Lipinski definition) is 3. The number of aryl methyl sites for hydroxylation is 1. The Labute approximate surface area is 129 Å². The molecule has 1 fully saturated rings. The van der Waals surface area contributed by atoms with E-state index in [1.165, 1.54) is 12.5 Å². The molecule has 3 heterocycles. The zero-order chi connectivity index (χ0) is 15.9. The molecule has 0 atom stereocenters. The number of likely N-dealkylation sites (tertiary alicyclic amines) is 1. The summed E-state index contributed by atoms with van der Waals surface area (Å²) >= 11 is 0. The predicted octanol–water partition coefficient (Wildman–Crippen LogP) is 2.47. The van der Waals surface area contributed by atoms with Crippen molar-refractivity contribution in [3.05, 3.63) is 52.6 Å². The quantitative estimate of drug-likeness (QED) is 0.885. The van der Waals surface area contributed by atoms with E-state index < -0.39 is 0 Å². The lowest BCUT2D eigenvalue weighted by Crippen LogP contribution is -2.48. The van der Waals surface area contributed by atoms with Crippen molar-refractivity contribution in [2.24, 2.45) is 0 Å². The van der Waals surface area contributed by atoms with Crippen molar-refractivity contribution < 1.29 is 9.59 Å². The molecule has 0 bridgehead atoms. The molecule has 22 heavy (non-hydrogen) atoms. The second kappa shape index (κ2) is 5.40. The Balaban J connectivity index is 1.76. The largest absolute Gasteiger partial charge is 0.355 e. The summed E-state index contributed by atoms with van der Waals surface area (Å²) in [4.78, 5) is 33.2. The fourth-order valence-electron chi connectivity index (χ4n) is 3.05. The third kappa shape index (κ3) is 2.32. The SMILES string of the molecule is CC(=O)c1[nH]c(C)c(C(=O)N2CC(c3cccnc3)C2)c1C. The Bertz CT molecular complexity index is 728. The first-order valence-corrected chi connectivity index (χ1v) is 7.38. The van der Waals surface area contributed by atoms with Crippen LogP contribution in [0.4, 0.5) is 0 Å². The molecule has 0 saturated carbocycles. The molecule has 0 aliphatic carbocycles. The van der Waals surface area contributed by atoms with Crippen LogP contribution in [-0.4, -0.2) is 39.6 Å². The first kappa shape index (κ1) is 14.5. The summed E-state index contributed by atoms with van der Waals surface area (Å²) in [5.74, 6) is 0.305. The third-order valence-electron chi connectivity index (χ3n) is 4.33. The number of Topliss-reactive ketones (excluding diaryl/α,β-unsaturated/α-hetero) is 1. The fourth-order valence-corrected chi connectivity index (χ4v) is 3.05. The van der Waals surface area contributed by atoms with Crippen molar-refractivity contribution in [3.63, 3.8) is 0 Å². The highest BCUT2D eigenvalue weighted by atomic mass is 16.2. The van der Waals surface area contributed by atoms with Crippen molar-refractivity contribution >= 4 is 11.7 Å². The first-order chi connectivity index (χ1) is 10.5. The molecule has 1 amide bonds. The topological polar surface area (TPSA) is 66.1 Å². The molecule has 2 aromatic rings. The summed E-state index contributed by atoms with van der Waals surface area (Å²) in [7, 11) is 0. The van der Waals surface area contributed by atoms with Crippen LogP contribution in [0, 0.1) is 13.8 Å². The molecule has 114 valence electrons. The van der Waals surface area contributed by atoms with Crippen LogP contribution < -0.4 is 0 Å². The summed E-state index contributed by atoms with van der Waals surface area (Å²) in [6, 6.07) is 3.96. The Morgan fingerprint density at radius 1 is 1.32 bits per heavy atom. The van der Waals surface area contributed by atoms with Crippen LogP contribution >= 0.6 is 0 Å². The Morgan fingerprint density at radius 3 is 2.59 bits per heavy atom. The highest BCUT2D eigenvalue weighted by molar-refractivity contribution is 6.02. The highest BCUT2D eigenvalue weighted by Gasteiger charge is 2.34. The minimum absolute atomic E-state index is 0.00103. The standard InChI is InChI=1S/C17H19N3O2/c1-10-15(11(2)19-16(10)12(3)21)17(22)20-8-14(9-20)13-5-4-6-18-7-13/h4-7,14,19H,8-9H2,1-3H3. The van der Waals surface area contributed by atoms with Crippen LogP contribution in [0.15, 0.2) is 24.5 Å². The van der Waals surface area contributed by atoms with Crippen molar-refractivity contribution in [3.8, 4) is 0 Å². The van der Waals surface area contributed by atoms with Gasteiger partial charge in [0.15, 0.2) is 5.78 Å². The minimum Gasteiger partial charge on any atom is -0.355 e. The molecular weight excluding hydrogens is 278 g/mol. The lowest BCUT2D eigenvalue weighted by atomic mass is 9.91. The zero-order valence-electron chi connectivity index (χ0n) is 13.0. The minimum atomic E-state index is -0.0449. The van der Waals surface area contributed by atoms with Gasteiger partial charge in [0, 0.05) is 44.0 Å². The van der Waals surface area contributed by atoms with Crippen molar-refractivity contribution in [2.45, 2.75) is 26.7 Å². The average Bonchev–Trinajstić information content (AvgIpc) is 2.73. The number of nitrogens with one attached hydrogen (secondary N) is 1. The molecule has 0 unspecified atom stereocenters. The van der Waals surface area contributed by atoms with E-state index in [4.69, 9.17) is 0 Å². The van der Waals surface area contributed by atoms with Gasteiger partial charge in [-0.1, -0.05) is 6.07 Å². The van der Waals surface area contributed by atoms with Crippen LogP contribution in [-0.2, 0) is 0 Å². The number of carbonyl (C=O) groups is 2. The Hall–Kier alpha value is -2.43. The summed E-state index contributed by atoms with van der Waals surface area (Å²) in [6.45, 7) is 6.57. The summed E-state index contributed by atoms with van der Waals surface area (Å²) < 4.78 is 0. The summed E-state index contributed by atoms with van der Waals surface area (Å²) in [5.41, 5.74) is 3.84. The maximum atomic E-state index is 12.7. The van der Waals surface area contributed by atoms with Crippen LogP contribution in [0.1, 0.15) is 50.5 Å². The second-order valence-electron chi connectivity index (χ2n) is 5.87. The normalized spacial score (nSPS) is 14.8. The number of hydrogen-bond donors (Lipinski definition) is 1. The lowest BCUT2D eigenvalue weighted by Gasteiger charge is -2.39. The predicted molar refractivity (Wildman–Crippen MR) is 83.2 cm³/mol. The van der Waals surface area contributed by atoms with E-state index in [9.17, 15) is 9.59 Å². The smallest absolute Gasteiger partial charge is 0.256 e. The van der Waals surface area contributed by atoms with Gasteiger partial charge in [0.05, 0.1) is 11.3 Å². The van der Waals surface area contributed by atoms with Gasteiger partial charge in [-0.05, 0) is 31.0 Å². The molecule has 0 radical (unpaired) electrons. The fraction of sp³-hybridized carbons (Fsp3) is 0.353. The number of nitrogens with zero attached hydrogens (tertiary/aromatic N) is 2. The van der Waals surface area contributed by atoms with Crippen LogP contribution in [0.2, 0.25) is 0 Å². The van der Waals surface area contributed by atoms with Gasteiger partial charge in [-0.2, -0.15) is 0 Å². The van der Waals surface area contributed by atoms with E-state index in [1.807, 2.05) is 37.1 Å². The van der Waals surface area contributed by atoms with Gasteiger partial charge >= 0.3 is 0 Å². The summed E-state index contributed by atoms with van der Waals surface area (Å²) in [6.07, 6.45) is 3.61. The number of H-pyrrole nitrogens is 1. The van der Waals surface area contributed by atoms with E-state index in [1.54, 1.807) is 6.20 Å². The van der Waals surface area contributed by atoms with Gasteiger partial charge in [0.25, 0.3) is 5.91 Å². The number of aromatic nitrogens is 2. The number of aromatic amines is 1. The molecule has 0 spiro atoms. The molecule has 3 rings (SSSR count). The van der Waals surface area contributed by atoms with Gasteiger partial charge < -0.3 is 9.88 Å². The second-order valence-corrected chi connectivity index (χ2v) is 5.87. The third-order valence-corrected chi connectivity index (χ3v) is 4.33. The number of carbonyl (C=O) groups excluding carboxylic acids is 2. The highest BCUT2D eigenvalue weighted by Crippen LogP contribution is 2.29. The van der Waals surface area contributed by atoms with E-state index >= 15 is 0 Å². The number of ketones is 1. The Kier molecular flexibility index (Phi) is 3.56. The van der Waals surface area contributed by atoms with Gasteiger partial charge in [0.2, 0.25) is 0 Å². The average molecular weight is 297 g/mol. The monoisotopic (exact) mass is 297 g/mol. The molecule has 1 N–H and O–H groups in total. The molecule has 5 heteroatoms. The molecule has 1 saturated heterocycles. The van der Waals surface area contributed by atoms with E-state index in [0.717, 1.165) is 11.3 Å². The van der Waals surface area contributed by atoms with Crippen LogP contribution in [0.25, 0.3) is 0 Å². The van der Waals surface area contributed by atoms with Crippen molar-refractivity contribution in [1.29, 1.82) is 0 Å². The van der Waals surface area contributed by atoms with Crippen LogP contribution in [0.3, 0.4) is 0 Å². The first-order valence-electron chi connectivity index (χ1n) is 7.38. The molecule has 5 nitrogen and oxygen atoms in total. The molecule has 0 aromatic carbocycles. The van der Waals surface area contributed by atoms with Gasteiger partial charge in [-0.25, -0.2) is 0 Å². The van der Waals surface area contributed by atoms with E-state index in [-0.39, 0.29) is 11.7 Å². The van der Waals surface area contributed by atoms with E-state index in [0.29, 0.717) is 30.3 Å². The van der Waals surface area contributed by atoms with Crippen molar-refractivity contribution in [1.82, 2.24) is 14.9 Å². The maximum absolute atomic E-state index is 12.7. The molecule has 1 aliphatic heterocycles. The van der Waals surface area contributed by atoms with Crippen LogP contribution in [0.5, 0.6) is 0 Å². The van der Waals surface area contributed by atoms with Gasteiger partial charge in [0.1, 0.15) is 0 Å².